The third kappa shape index (κ3) is 6.09. The molecule has 2 bridgehead atoms. The SMILES string of the molecule is C=C1CC/C=C/C[C@H](N2CCN(c3cccc(Cl)c3)CC2=O)c2ncc([nH]2)-c2ccc(NC(=O)OC)cc2N1. The molecule has 2 amide bonds. The van der Waals surface area contributed by atoms with E-state index >= 15 is 0 Å². The van der Waals surface area contributed by atoms with Gasteiger partial charge in [-0.15, -0.1) is 0 Å². The van der Waals surface area contributed by atoms with E-state index in [-0.39, 0.29) is 18.5 Å². The smallest absolute Gasteiger partial charge is 0.411 e. The lowest BCUT2D eigenvalue weighted by Crippen LogP contribution is -2.51. The predicted molar refractivity (Wildman–Crippen MR) is 154 cm³/mol. The van der Waals surface area contributed by atoms with E-state index in [1.165, 1.54) is 7.11 Å². The molecule has 1 atom stereocenters. The van der Waals surface area contributed by atoms with Gasteiger partial charge in [-0.1, -0.05) is 36.4 Å². The highest BCUT2D eigenvalue weighted by molar-refractivity contribution is 6.30. The molecule has 1 aromatic heterocycles. The normalized spacial score (nSPS) is 18.7. The van der Waals surface area contributed by atoms with Gasteiger partial charge in [-0.05, 0) is 55.7 Å². The zero-order valence-electron chi connectivity index (χ0n) is 21.7. The fraction of sp³-hybridized carbons (Fsp3) is 0.276. The Morgan fingerprint density at radius 1 is 1.21 bits per heavy atom. The zero-order chi connectivity index (χ0) is 27.4. The van der Waals surface area contributed by atoms with Crippen LogP contribution in [0.4, 0.5) is 21.9 Å². The van der Waals surface area contributed by atoms with Crippen LogP contribution in [0.1, 0.15) is 31.1 Å². The first-order valence-corrected chi connectivity index (χ1v) is 13.2. The summed E-state index contributed by atoms with van der Waals surface area (Å²) >= 11 is 6.18. The van der Waals surface area contributed by atoms with Gasteiger partial charge in [0.05, 0.1) is 31.6 Å². The number of hydrogen-bond acceptors (Lipinski definition) is 6. The molecule has 9 nitrogen and oxygen atoms in total. The first-order chi connectivity index (χ1) is 18.9. The highest BCUT2D eigenvalue weighted by Gasteiger charge is 2.32. The van der Waals surface area contributed by atoms with Crippen molar-refractivity contribution in [2.24, 2.45) is 0 Å². The van der Waals surface area contributed by atoms with E-state index in [4.69, 9.17) is 21.3 Å². The molecule has 0 aliphatic carbocycles. The number of halogens is 1. The van der Waals surface area contributed by atoms with Gasteiger partial charge in [-0.3, -0.25) is 10.1 Å². The number of H-pyrrole nitrogens is 1. The maximum absolute atomic E-state index is 13.4. The molecule has 1 saturated heterocycles. The van der Waals surface area contributed by atoms with Gasteiger partial charge in [0, 0.05) is 46.4 Å². The molecule has 39 heavy (non-hydrogen) atoms. The monoisotopic (exact) mass is 546 g/mol. The van der Waals surface area contributed by atoms with E-state index in [2.05, 4.69) is 39.2 Å². The summed E-state index contributed by atoms with van der Waals surface area (Å²) < 4.78 is 4.73. The van der Waals surface area contributed by atoms with E-state index in [0.29, 0.717) is 30.2 Å². The summed E-state index contributed by atoms with van der Waals surface area (Å²) in [6, 6.07) is 12.9. The van der Waals surface area contributed by atoms with Gasteiger partial charge in [-0.2, -0.15) is 0 Å². The van der Waals surface area contributed by atoms with Crippen LogP contribution in [0, 0.1) is 0 Å². The van der Waals surface area contributed by atoms with Crippen molar-refractivity contribution >= 4 is 40.7 Å². The van der Waals surface area contributed by atoms with Crippen LogP contribution >= 0.6 is 11.6 Å². The summed E-state index contributed by atoms with van der Waals surface area (Å²) in [7, 11) is 1.32. The summed E-state index contributed by atoms with van der Waals surface area (Å²) in [4.78, 5) is 37.3. The first-order valence-electron chi connectivity index (χ1n) is 12.9. The van der Waals surface area contributed by atoms with Gasteiger partial charge in [0.25, 0.3) is 0 Å². The highest BCUT2D eigenvalue weighted by atomic mass is 35.5. The van der Waals surface area contributed by atoms with Crippen molar-refractivity contribution in [3.63, 3.8) is 0 Å². The molecule has 1 fully saturated rings. The van der Waals surface area contributed by atoms with Crippen LogP contribution in [-0.4, -0.2) is 53.6 Å². The number of imidazole rings is 1. The molecule has 10 heteroatoms. The highest BCUT2D eigenvalue weighted by Crippen LogP contribution is 2.34. The van der Waals surface area contributed by atoms with E-state index in [1.807, 2.05) is 41.3 Å². The maximum atomic E-state index is 13.4. The summed E-state index contributed by atoms with van der Waals surface area (Å²) in [5.41, 5.74) is 4.81. The lowest BCUT2D eigenvalue weighted by atomic mass is 10.1. The number of benzene rings is 2. The molecule has 3 N–H and O–H groups in total. The third-order valence-corrected chi connectivity index (χ3v) is 7.14. The standard InChI is InChI=1S/C29H31ClN6O3/c1-19-7-4-3-5-10-26(36-14-13-35(18-27(36)37)22-9-6-8-20(30)15-22)28-31-17-25(34-28)23-12-11-21(16-24(23)32-19)33-29(38)39-2/h3,5-6,8-9,11-12,15-17,26,32H,1,4,7,10,13-14,18H2,2H3,(H,31,34)(H,33,38)/b5-3+/t26-/m0/s1. The molecule has 3 aromatic rings. The second-order valence-electron chi connectivity index (χ2n) is 9.54. The van der Waals surface area contributed by atoms with Gasteiger partial charge in [0.15, 0.2) is 0 Å². The Kier molecular flexibility index (Phi) is 7.88. The summed E-state index contributed by atoms with van der Waals surface area (Å²) in [6.07, 6.45) is 7.64. The lowest BCUT2D eigenvalue weighted by molar-refractivity contribution is -0.133. The molecule has 2 aromatic carbocycles. The number of allylic oxidation sites excluding steroid dienone is 2. The van der Waals surface area contributed by atoms with Gasteiger partial charge in [-0.25, -0.2) is 9.78 Å². The van der Waals surface area contributed by atoms with Crippen molar-refractivity contribution in [3.05, 3.63) is 83.9 Å². The minimum Gasteiger partial charge on any atom is -0.453 e. The fourth-order valence-corrected chi connectivity index (χ4v) is 5.11. The molecule has 0 spiro atoms. The number of piperazine rings is 1. The molecule has 0 saturated carbocycles. The quantitative estimate of drug-likeness (QED) is 0.350. The Bertz CT molecular complexity index is 1420. The number of ether oxygens (including phenoxy) is 1. The van der Waals surface area contributed by atoms with Gasteiger partial charge >= 0.3 is 6.09 Å². The van der Waals surface area contributed by atoms with Gasteiger partial charge in [0.1, 0.15) is 5.82 Å². The van der Waals surface area contributed by atoms with Crippen LogP contribution in [0.2, 0.25) is 5.02 Å². The van der Waals surface area contributed by atoms with Gasteiger partial charge in [0.2, 0.25) is 5.91 Å². The average molecular weight is 547 g/mol. The largest absolute Gasteiger partial charge is 0.453 e. The molecule has 0 radical (unpaired) electrons. The Morgan fingerprint density at radius 2 is 2.08 bits per heavy atom. The van der Waals surface area contributed by atoms with E-state index < -0.39 is 6.09 Å². The second kappa shape index (κ2) is 11.7. The maximum Gasteiger partial charge on any atom is 0.411 e. The van der Waals surface area contributed by atoms with Crippen LogP contribution in [0.15, 0.2) is 73.1 Å². The molecule has 202 valence electrons. The van der Waals surface area contributed by atoms with Crippen molar-refractivity contribution in [1.82, 2.24) is 14.9 Å². The number of amides is 2. The number of aromatic nitrogens is 2. The minimum atomic E-state index is -0.546. The topological polar surface area (TPSA) is 103 Å². The third-order valence-electron chi connectivity index (χ3n) is 6.91. The minimum absolute atomic E-state index is 0.0378. The van der Waals surface area contributed by atoms with Crippen LogP contribution in [-0.2, 0) is 9.53 Å². The van der Waals surface area contributed by atoms with E-state index in [0.717, 1.165) is 47.0 Å². The second-order valence-corrected chi connectivity index (χ2v) is 9.97. The number of nitrogens with one attached hydrogen (secondary N) is 3. The number of anilines is 3. The molecule has 0 unspecified atom stereocenters. The number of carbonyl (C=O) groups excluding carboxylic acids is 2. The van der Waals surface area contributed by atoms with Crippen molar-refractivity contribution in [2.45, 2.75) is 25.3 Å². The van der Waals surface area contributed by atoms with Crippen LogP contribution in [0.3, 0.4) is 0 Å². The number of rotatable bonds is 3. The molecule has 2 aliphatic heterocycles. The van der Waals surface area contributed by atoms with E-state index in [1.54, 1.807) is 12.3 Å². The lowest BCUT2D eigenvalue weighted by Gasteiger charge is -2.39. The molecule has 5 rings (SSSR count). The van der Waals surface area contributed by atoms with Crippen LogP contribution < -0.4 is 15.5 Å². The Hall–Kier alpha value is -4.24. The van der Waals surface area contributed by atoms with Crippen LogP contribution in [0.5, 0.6) is 0 Å². The van der Waals surface area contributed by atoms with E-state index in [9.17, 15) is 9.59 Å². The first kappa shape index (κ1) is 26.4. The average Bonchev–Trinajstić information content (AvgIpc) is 3.40. The molecular weight excluding hydrogens is 516 g/mol. The Morgan fingerprint density at radius 3 is 2.87 bits per heavy atom. The molecular formula is C29H31ClN6O3. The number of carbonyl (C=O) groups is 2. The van der Waals surface area contributed by atoms with Crippen molar-refractivity contribution in [3.8, 4) is 11.3 Å². The zero-order valence-corrected chi connectivity index (χ0v) is 22.5. The number of hydrogen-bond donors (Lipinski definition) is 3. The predicted octanol–water partition coefficient (Wildman–Crippen LogP) is 5.96. The summed E-state index contributed by atoms with van der Waals surface area (Å²) in [5, 5.41) is 6.74. The Balaban J connectivity index is 1.43. The number of fused-ring (bicyclic) bond motifs is 4. The Labute approximate surface area is 232 Å². The summed E-state index contributed by atoms with van der Waals surface area (Å²) in [5.74, 6) is 0.760. The molecule has 2 aliphatic rings. The number of methoxy groups -OCH3 is 1. The molecule has 3 heterocycles. The van der Waals surface area contributed by atoms with Crippen molar-refractivity contribution in [1.29, 1.82) is 0 Å². The number of aromatic amines is 1. The van der Waals surface area contributed by atoms with Crippen molar-refractivity contribution in [2.75, 3.05) is 42.3 Å². The van der Waals surface area contributed by atoms with Crippen LogP contribution in [0.25, 0.3) is 11.3 Å². The van der Waals surface area contributed by atoms with Crippen molar-refractivity contribution < 1.29 is 14.3 Å². The van der Waals surface area contributed by atoms with Gasteiger partial charge < -0.3 is 24.8 Å². The number of nitrogens with zero attached hydrogens (tertiary/aromatic N) is 3. The fourth-order valence-electron chi connectivity index (χ4n) is 4.92. The summed E-state index contributed by atoms with van der Waals surface area (Å²) in [6.45, 7) is 5.72.